The van der Waals surface area contributed by atoms with Crippen LogP contribution in [-0.2, 0) is 0 Å². The Balaban J connectivity index is 2.06. The third-order valence-electron chi connectivity index (χ3n) is 2.35. The minimum atomic E-state index is 0.266. The van der Waals surface area contributed by atoms with Crippen molar-refractivity contribution in [3.05, 3.63) is 59.9 Å². The van der Waals surface area contributed by atoms with E-state index >= 15 is 0 Å². The quantitative estimate of drug-likeness (QED) is 0.844. The number of para-hydroxylation sites is 1. The predicted octanol–water partition coefficient (Wildman–Crippen LogP) is 3.18. The number of benzene rings is 1. The molecule has 86 valence electrons. The number of rotatable bonds is 3. The summed E-state index contributed by atoms with van der Waals surface area (Å²) in [4.78, 5) is 4.17. The molecule has 0 fully saturated rings. The highest BCUT2D eigenvalue weighted by atomic mass is 16.3. The molecule has 0 atom stereocenters. The lowest BCUT2D eigenvalue weighted by Gasteiger charge is -2.01. The largest absolute Gasteiger partial charge is 0.507 e. The number of phenols is 1. The maximum atomic E-state index is 9.56. The molecule has 3 heteroatoms. The molecule has 1 heterocycles. The van der Waals surface area contributed by atoms with Gasteiger partial charge in [0.2, 0.25) is 0 Å². The van der Waals surface area contributed by atoms with E-state index in [2.05, 4.69) is 10.3 Å². The molecule has 0 aliphatic rings. The lowest BCUT2D eigenvalue weighted by molar-refractivity contribution is 0.474. The molecular formula is C14H14N2O. The van der Waals surface area contributed by atoms with Gasteiger partial charge in [0.15, 0.2) is 0 Å². The molecule has 2 N–H and O–H groups in total. The number of phenolic OH excluding ortho intramolecular Hbond substituents is 1. The van der Waals surface area contributed by atoms with E-state index < -0.39 is 0 Å². The monoisotopic (exact) mass is 226 g/mol. The van der Waals surface area contributed by atoms with Gasteiger partial charge in [0.1, 0.15) is 11.6 Å². The van der Waals surface area contributed by atoms with Crippen LogP contribution in [-0.4, -0.2) is 10.1 Å². The Bertz CT molecular complexity index is 535. The summed E-state index contributed by atoms with van der Waals surface area (Å²) < 4.78 is 0. The van der Waals surface area contributed by atoms with Gasteiger partial charge in [-0.2, -0.15) is 0 Å². The fraction of sp³-hybridized carbons (Fsp3) is 0.0714. The summed E-state index contributed by atoms with van der Waals surface area (Å²) >= 11 is 0. The van der Waals surface area contributed by atoms with Crippen molar-refractivity contribution in [3.8, 4) is 5.75 Å². The predicted molar refractivity (Wildman–Crippen MR) is 69.7 cm³/mol. The molecule has 0 radical (unpaired) electrons. The Kier molecular flexibility index (Phi) is 3.40. The van der Waals surface area contributed by atoms with E-state index in [1.54, 1.807) is 30.6 Å². The third kappa shape index (κ3) is 3.08. The van der Waals surface area contributed by atoms with Gasteiger partial charge in [0.05, 0.1) is 0 Å². The zero-order chi connectivity index (χ0) is 12.1. The maximum Gasteiger partial charge on any atom is 0.130 e. The van der Waals surface area contributed by atoms with Gasteiger partial charge in [-0.25, -0.2) is 4.98 Å². The Morgan fingerprint density at radius 2 is 2.06 bits per heavy atom. The van der Waals surface area contributed by atoms with Gasteiger partial charge in [-0.15, -0.1) is 0 Å². The second-order valence-corrected chi connectivity index (χ2v) is 3.75. The first-order valence-electron chi connectivity index (χ1n) is 5.39. The fourth-order valence-electron chi connectivity index (χ4n) is 1.46. The van der Waals surface area contributed by atoms with Crippen LogP contribution in [0.4, 0.5) is 5.82 Å². The molecule has 0 aliphatic carbocycles. The minimum absolute atomic E-state index is 0.266. The van der Waals surface area contributed by atoms with Crippen molar-refractivity contribution < 1.29 is 5.11 Å². The topological polar surface area (TPSA) is 45.2 Å². The summed E-state index contributed by atoms with van der Waals surface area (Å²) in [6.07, 6.45) is 5.32. The molecule has 0 bridgehead atoms. The number of hydrogen-bond donors (Lipinski definition) is 2. The van der Waals surface area contributed by atoms with Gasteiger partial charge < -0.3 is 10.4 Å². The molecule has 0 saturated carbocycles. The average Bonchev–Trinajstić information content (AvgIpc) is 2.32. The number of nitrogens with one attached hydrogen (secondary N) is 1. The van der Waals surface area contributed by atoms with E-state index in [-0.39, 0.29) is 5.75 Å². The Hall–Kier alpha value is -2.29. The van der Waals surface area contributed by atoms with Crippen molar-refractivity contribution in [2.75, 3.05) is 5.32 Å². The van der Waals surface area contributed by atoms with E-state index in [1.807, 2.05) is 31.2 Å². The van der Waals surface area contributed by atoms with Crippen molar-refractivity contribution in [2.45, 2.75) is 6.92 Å². The molecular weight excluding hydrogens is 212 g/mol. The lowest BCUT2D eigenvalue weighted by atomic mass is 10.2. The number of aromatic nitrogens is 1. The van der Waals surface area contributed by atoms with Crippen molar-refractivity contribution in [3.63, 3.8) is 0 Å². The smallest absolute Gasteiger partial charge is 0.130 e. The maximum absolute atomic E-state index is 9.56. The second kappa shape index (κ2) is 5.16. The SMILES string of the molecule is Cc1ccnc(N/C=C/c2ccccc2O)c1. The number of aromatic hydroxyl groups is 1. The first kappa shape index (κ1) is 11.2. The van der Waals surface area contributed by atoms with Gasteiger partial charge in [-0.1, -0.05) is 18.2 Å². The van der Waals surface area contributed by atoms with Crippen LogP contribution in [0.3, 0.4) is 0 Å². The minimum Gasteiger partial charge on any atom is -0.507 e. The van der Waals surface area contributed by atoms with Crippen LogP contribution < -0.4 is 5.32 Å². The Morgan fingerprint density at radius 3 is 2.82 bits per heavy atom. The molecule has 2 aromatic rings. The highest BCUT2D eigenvalue weighted by Gasteiger charge is 1.94. The average molecular weight is 226 g/mol. The van der Waals surface area contributed by atoms with Crippen LogP contribution >= 0.6 is 0 Å². The molecule has 0 saturated heterocycles. The Morgan fingerprint density at radius 1 is 1.24 bits per heavy atom. The molecule has 0 aliphatic heterocycles. The van der Waals surface area contributed by atoms with Crippen molar-refractivity contribution in [1.82, 2.24) is 4.98 Å². The Labute approximate surface area is 100 Å². The number of hydrogen-bond acceptors (Lipinski definition) is 3. The summed E-state index contributed by atoms with van der Waals surface area (Å²) in [6, 6.07) is 11.1. The van der Waals surface area contributed by atoms with Gasteiger partial charge in [-0.05, 0) is 36.8 Å². The van der Waals surface area contributed by atoms with Gasteiger partial charge in [-0.3, -0.25) is 0 Å². The summed E-state index contributed by atoms with van der Waals surface area (Å²) in [5.41, 5.74) is 1.92. The molecule has 3 nitrogen and oxygen atoms in total. The number of pyridine rings is 1. The van der Waals surface area contributed by atoms with Gasteiger partial charge in [0.25, 0.3) is 0 Å². The molecule has 0 spiro atoms. The van der Waals surface area contributed by atoms with Gasteiger partial charge in [0, 0.05) is 18.0 Å². The van der Waals surface area contributed by atoms with Crippen LogP contribution in [0.1, 0.15) is 11.1 Å². The summed E-state index contributed by atoms with van der Waals surface area (Å²) in [7, 11) is 0. The second-order valence-electron chi connectivity index (χ2n) is 3.75. The number of nitrogens with zero attached hydrogens (tertiary/aromatic N) is 1. The molecule has 0 amide bonds. The van der Waals surface area contributed by atoms with E-state index in [0.717, 1.165) is 16.9 Å². The van der Waals surface area contributed by atoms with Crippen molar-refractivity contribution in [2.24, 2.45) is 0 Å². The normalized spacial score (nSPS) is 10.6. The van der Waals surface area contributed by atoms with Crippen molar-refractivity contribution in [1.29, 1.82) is 0 Å². The van der Waals surface area contributed by atoms with Crippen LogP contribution in [0.2, 0.25) is 0 Å². The van der Waals surface area contributed by atoms with Crippen molar-refractivity contribution >= 4 is 11.9 Å². The summed E-state index contributed by atoms with van der Waals surface area (Å²) in [5.74, 6) is 1.06. The third-order valence-corrected chi connectivity index (χ3v) is 2.35. The highest BCUT2D eigenvalue weighted by Crippen LogP contribution is 2.17. The number of aryl methyl sites for hydroxylation is 1. The van der Waals surface area contributed by atoms with E-state index in [0.29, 0.717) is 0 Å². The lowest BCUT2D eigenvalue weighted by Crippen LogP contribution is -1.90. The van der Waals surface area contributed by atoms with Crippen LogP contribution in [0.25, 0.3) is 6.08 Å². The molecule has 1 aromatic carbocycles. The van der Waals surface area contributed by atoms with E-state index in [9.17, 15) is 5.11 Å². The molecule has 0 unspecified atom stereocenters. The summed E-state index contributed by atoms with van der Waals surface area (Å²) in [6.45, 7) is 2.01. The van der Waals surface area contributed by atoms with Crippen LogP contribution in [0.5, 0.6) is 5.75 Å². The standard InChI is InChI=1S/C14H14N2O/c1-11-6-8-15-14(10-11)16-9-7-12-4-2-3-5-13(12)17/h2-10,17H,1H3,(H,15,16)/b9-7+. The zero-order valence-electron chi connectivity index (χ0n) is 9.59. The fourth-order valence-corrected chi connectivity index (χ4v) is 1.46. The van der Waals surface area contributed by atoms with E-state index in [4.69, 9.17) is 0 Å². The van der Waals surface area contributed by atoms with E-state index in [1.165, 1.54) is 0 Å². The van der Waals surface area contributed by atoms with Crippen LogP contribution in [0, 0.1) is 6.92 Å². The molecule has 1 aromatic heterocycles. The highest BCUT2D eigenvalue weighted by molar-refractivity contribution is 5.58. The first-order chi connectivity index (χ1) is 8.25. The zero-order valence-corrected chi connectivity index (χ0v) is 9.59. The molecule has 17 heavy (non-hydrogen) atoms. The number of anilines is 1. The van der Waals surface area contributed by atoms with Crippen LogP contribution in [0.15, 0.2) is 48.8 Å². The molecule has 2 rings (SSSR count). The van der Waals surface area contributed by atoms with Gasteiger partial charge >= 0.3 is 0 Å². The summed E-state index contributed by atoms with van der Waals surface area (Å²) in [5, 5.41) is 12.6. The first-order valence-corrected chi connectivity index (χ1v) is 5.39.